The van der Waals surface area contributed by atoms with Crippen molar-refractivity contribution in [3.05, 3.63) is 33.2 Å². The number of nitriles is 1. The molecule has 1 saturated heterocycles. The highest BCUT2D eigenvalue weighted by molar-refractivity contribution is 5.95. The van der Waals surface area contributed by atoms with Gasteiger partial charge in [0.1, 0.15) is 18.1 Å². The van der Waals surface area contributed by atoms with Crippen LogP contribution < -0.4 is 16.2 Å². The Morgan fingerprint density at radius 2 is 1.82 bits per heavy atom. The molecule has 3 aliphatic rings. The van der Waals surface area contributed by atoms with Crippen molar-refractivity contribution < 1.29 is 27.6 Å². The lowest BCUT2D eigenvalue weighted by molar-refractivity contribution is -0.176. The summed E-state index contributed by atoms with van der Waals surface area (Å²) in [7, 11) is 0. The molecule has 9 nitrogen and oxygen atoms in total. The van der Waals surface area contributed by atoms with Gasteiger partial charge in [-0.05, 0) is 60.0 Å². The Hall–Kier alpha value is -3.36. The lowest BCUT2D eigenvalue weighted by atomic mass is 9.85. The maximum absolute atomic E-state index is 13.6. The second kappa shape index (κ2) is 10.2. The Morgan fingerprint density at radius 3 is 2.42 bits per heavy atom. The van der Waals surface area contributed by atoms with Gasteiger partial charge < -0.3 is 20.5 Å². The number of aromatic amines is 1. The summed E-state index contributed by atoms with van der Waals surface area (Å²) >= 11 is 0. The van der Waals surface area contributed by atoms with Crippen molar-refractivity contribution in [1.29, 1.82) is 5.26 Å². The molecule has 40 heavy (non-hydrogen) atoms. The Balaban J connectivity index is 1.55. The van der Waals surface area contributed by atoms with Gasteiger partial charge in [-0.25, -0.2) is 0 Å². The Bertz CT molecular complexity index is 1310. The number of pyridine rings is 1. The van der Waals surface area contributed by atoms with Gasteiger partial charge >= 0.3 is 12.1 Å². The van der Waals surface area contributed by atoms with E-state index < -0.39 is 47.4 Å². The molecule has 5 atom stereocenters. The van der Waals surface area contributed by atoms with Crippen LogP contribution in [-0.2, 0) is 33.6 Å². The standard InChI is InChI=1S/C28H36F3N5O4/c1-26(2,3)21(35-25(40)28(29,30)31)24(39)36-13-17-19(27(17,4)5)20(36)23(38)33-16(12-32)11-15-10-14-8-6-7-9-18(14)34-22(15)37/h10,16-17,19-21H,6-9,11,13H2,1-5H3,(H,33,38)(H,34,37)(H,35,40)/t16?,17-,19+,20-,21+/m0/s1. The largest absolute Gasteiger partial charge is 0.471 e. The van der Waals surface area contributed by atoms with E-state index in [0.29, 0.717) is 5.56 Å². The molecule has 12 heteroatoms. The predicted octanol–water partition coefficient (Wildman–Crippen LogP) is 2.38. The number of aryl methyl sites for hydroxylation is 2. The van der Waals surface area contributed by atoms with Gasteiger partial charge in [0, 0.05) is 24.2 Å². The fraction of sp³-hybridized carbons (Fsp3) is 0.679. The quantitative estimate of drug-likeness (QED) is 0.489. The molecule has 4 rings (SSSR count). The lowest BCUT2D eigenvalue weighted by Gasteiger charge is -2.37. The average molecular weight is 564 g/mol. The number of nitrogens with zero attached hydrogens (tertiary/aromatic N) is 2. The molecular formula is C28H36F3N5O4. The van der Waals surface area contributed by atoms with E-state index in [1.54, 1.807) is 6.07 Å². The summed E-state index contributed by atoms with van der Waals surface area (Å²) < 4.78 is 39.1. The van der Waals surface area contributed by atoms with Gasteiger partial charge in [0.15, 0.2) is 0 Å². The van der Waals surface area contributed by atoms with Gasteiger partial charge in [-0.1, -0.05) is 34.6 Å². The number of carbonyl (C=O) groups is 3. The number of nitrogens with one attached hydrogen (secondary N) is 3. The second-order valence-corrected chi connectivity index (χ2v) is 12.9. The maximum Gasteiger partial charge on any atom is 0.471 e. The smallest absolute Gasteiger partial charge is 0.338 e. The van der Waals surface area contributed by atoms with E-state index >= 15 is 0 Å². The van der Waals surface area contributed by atoms with Gasteiger partial charge in [-0.15, -0.1) is 0 Å². The molecule has 2 heterocycles. The first-order valence-electron chi connectivity index (χ1n) is 13.6. The Kier molecular flexibility index (Phi) is 7.58. The molecule has 0 aromatic carbocycles. The van der Waals surface area contributed by atoms with Crippen LogP contribution in [0, 0.1) is 34.0 Å². The van der Waals surface area contributed by atoms with Crippen molar-refractivity contribution in [2.75, 3.05) is 6.54 Å². The van der Waals surface area contributed by atoms with Crippen molar-refractivity contribution in [1.82, 2.24) is 20.5 Å². The van der Waals surface area contributed by atoms with E-state index in [9.17, 15) is 37.6 Å². The first-order chi connectivity index (χ1) is 18.5. The van der Waals surface area contributed by atoms with E-state index in [1.807, 2.05) is 25.2 Å². The third-order valence-corrected chi connectivity index (χ3v) is 8.72. The van der Waals surface area contributed by atoms with Gasteiger partial charge in [-0.2, -0.15) is 18.4 Å². The number of rotatable bonds is 6. The number of carbonyl (C=O) groups excluding carboxylic acids is 3. The minimum atomic E-state index is -5.18. The maximum atomic E-state index is 13.6. The zero-order valence-electron chi connectivity index (χ0n) is 23.4. The molecule has 218 valence electrons. The number of piperidine rings is 1. The first-order valence-corrected chi connectivity index (χ1v) is 13.6. The molecule has 1 saturated carbocycles. The van der Waals surface area contributed by atoms with Crippen LogP contribution in [0.4, 0.5) is 13.2 Å². The van der Waals surface area contributed by atoms with Crippen LogP contribution in [0.3, 0.4) is 0 Å². The number of likely N-dealkylation sites (tertiary alicyclic amines) is 1. The van der Waals surface area contributed by atoms with E-state index in [0.717, 1.165) is 36.9 Å². The van der Waals surface area contributed by atoms with Crippen LogP contribution in [-0.4, -0.2) is 58.5 Å². The van der Waals surface area contributed by atoms with Gasteiger partial charge in [0.05, 0.1) is 6.07 Å². The van der Waals surface area contributed by atoms with Crippen molar-refractivity contribution >= 4 is 17.7 Å². The van der Waals surface area contributed by atoms with Crippen molar-refractivity contribution in [2.45, 2.75) is 91.0 Å². The molecule has 2 aliphatic carbocycles. The molecule has 0 radical (unpaired) electrons. The monoisotopic (exact) mass is 563 g/mol. The summed E-state index contributed by atoms with van der Waals surface area (Å²) in [5.74, 6) is -3.95. The molecule has 3 N–H and O–H groups in total. The van der Waals surface area contributed by atoms with Crippen molar-refractivity contribution in [3.8, 4) is 6.07 Å². The summed E-state index contributed by atoms with van der Waals surface area (Å²) in [5, 5.41) is 14.3. The SMILES string of the molecule is CC(C)(C)[C@H](NC(=O)C(F)(F)F)C(=O)N1C[C@H]2[C@H]([C@H]1C(=O)NC(C#N)Cc1cc3c([nH]c1=O)CCCC3)C2(C)C. The predicted molar refractivity (Wildman–Crippen MR) is 139 cm³/mol. The number of aromatic nitrogens is 1. The summed E-state index contributed by atoms with van der Waals surface area (Å²) in [6.45, 7) is 8.64. The van der Waals surface area contributed by atoms with Crippen molar-refractivity contribution in [3.63, 3.8) is 0 Å². The minimum Gasteiger partial charge on any atom is -0.338 e. The molecular weight excluding hydrogens is 527 g/mol. The van der Waals surface area contributed by atoms with Gasteiger partial charge in [0.2, 0.25) is 11.8 Å². The topological polar surface area (TPSA) is 135 Å². The highest BCUT2D eigenvalue weighted by Gasteiger charge is 2.70. The van der Waals surface area contributed by atoms with Crippen LogP contribution in [0.5, 0.6) is 0 Å². The fourth-order valence-electron chi connectivity index (χ4n) is 6.32. The Labute approximate surface area is 230 Å². The summed E-state index contributed by atoms with van der Waals surface area (Å²) in [6, 6.07) is 0.191. The highest BCUT2D eigenvalue weighted by atomic mass is 19.4. The second-order valence-electron chi connectivity index (χ2n) is 12.9. The molecule has 1 aromatic heterocycles. The minimum absolute atomic E-state index is 0.0325. The highest BCUT2D eigenvalue weighted by Crippen LogP contribution is 2.65. The molecule has 1 aromatic rings. The van der Waals surface area contributed by atoms with Crippen LogP contribution in [0.15, 0.2) is 10.9 Å². The van der Waals surface area contributed by atoms with Crippen LogP contribution in [0.1, 0.15) is 64.3 Å². The number of fused-ring (bicyclic) bond motifs is 2. The summed E-state index contributed by atoms with van der Waals surface area (Å²) in [5.41, 5.74) is 0.607. The number of amides is 3. The average Bonchev–Trinajstić information content (AvgIpc) is 3.18. The fourth-order valence-corrected chi connectivity index (χ4v) is 6.32. The van der Waals surface area contributed by atoms with Crippen LogP contribution in [0.25, 0.3) is 0 Å². The van der Waals surface area contributed by atoms with Gasteiger partial charge in [0.25, 0.3) is 5.56 Å². The van der Waals surface area contributed by atoms with E-state index in [-0.39, 0.29) is 35.8 Å². The van der Waals surface area contributed by atoms with E-state index in [2.05, 4.69) is 10.3 Å². The summed E-state index contributed by atoms with van der Waals surface area (Å²) in [6.07, 6.45) is -1.62. The third-order valence-electron chi connectivity index (χ3n) is 8.72. The Morgan fingerprint density at radius 1 is 1.18 bits per heavy atom. The molecule has 3 amide bonds. The number of alkyl halides is 3. The van der Waals surface area contributed by atoms with Gasteiger partial charge in [-0.3, -0.25) is 19.2 Å². The molecule has 0 spiro atoms. The normalized spacial score (nSPS) is 24.7. The van der Waals surface area contributed by atoms with Crippen LogP contribution in [0.2, 0.25) is 0 Å². The number of hydrogen-bond donors (Lipinski definition) is 3. The zero-order valence-corrected chi connectivity index (χ0v) is 23.4. The van der Waals surface area contributed by atoms with E-state index in [4.69, 9.17) is 0 Å². The lowest BCUT2D eigenvalue weighted by Crippen LogP contribution is -2.61. The molecule has 2 fully saturated rings. The molecule has 1 aliphatic heterocycles. The molecule has 1 unspecified atom stereocenters. The molecule has 0 bridgehead atoms. The number of H-pyrrole nitrogens is 1. The van der Waals surface area contributed by atoms with Crippen LogP contribution >= 0.6 is 0 Å². The summed E-state index contributed by atoms with van der Waals surface area (Å²) in [4.78, 5) is 55.8. The first kappa shape index (κ1) is 29.6. The van der Waals surface area contributed by atoms with E-state index in [1.165, 1.54) is 25.7 Å². The number of hydrogen-bond acceptors (Lipinski definition) is 5. The number of halogens is 3. The van der Waals surface area contributed by atoms with Crippen molar-refractivity contribution in [2.24, 2.45) is 22.7 Å². The zero-order chi connectivity index (χ0) is 29.8. The third kappa shape index (κ3) is 5.60.